The second-order valence-corrected chi connectivity index (χ2v) is 13.1. The van der Waals surface area contributed by atoms with E-state index in [-0.39, 0.29) is 29.5 Å². The predicted octanol–water partition coefficient (Wildman–Crippen LogP) is 5.76. The molecular formula is C37H43N3O6S. The zero-order chi connectivity index (χ0) is 33.8. The third-order valence-corrected chi connectivity index (χ3v) is 9.63. The molecule has 1 atom stereocenters. The van der Waals surface area contributed by atoms with Gasteiger partial charge in [-0.2, -0.15) is 0 Å². The Bertz CT molecular complexity index is 1710. The van der Waals surface area contributed by atoms with Crippen LogP contribution in [0.15, 0.2) is 108 Å². The maximum absolute atomic E-state index is 14.6. The van der Waals surface area contributed by atoms with E-state index in [0.717, 1.165) is 33.8 Å². The molecule has 0 aromatic heterocycles. The number of sulfonamides is 1. The lowest BCUT2D eigenvalue weighted by Crippen LogP contribution is -2.53. The minimum Gasteiger partial charge on any atom is -0.493 e. The fourth-order valence-electron chi connectivity index (χ4n) is 5.19. The maximum atomic E-state index is 14.6. The molecule has 0 fully saturated rings. The number of unbranched alkanes of at least 4 members (excludes halogenated alkanes) is 1. The van der Waals surface area contributed by atoms with Crippen molar-refractivity contribution in [3.8, 4) is 11.5 Å². The number of methoxy groups -OCH3 is 2. The minimum atomic E-state index is -4.25. The standard InChI is InChI=1S/C37H43N3O6S/c1-5-6-23-38-37(42)33(24-29-13-9-7-10-14-29)39(26-30-15-11-8-12-16-30)36(41)27-40(31-19-22-34(45-3)35(25-31)46-4)47(43,44)32-20-17-28(2)18-21-32/h7-22,25,33H,5-6,23-24,26-27H2,1-4H3,(H,38,42)/t33-/m1/s1. The van der Waals surface area contributed by atoms with Crippen molar-refractivity contribution in [1.29, 1.82) is 0 Å². The van der Waals surface area contributed by atoms with Crippen molar-refractivity contribution >= 4 is 27.5 Å². The van der Waals surface area contributed by atoms with Gasteiger partial charge in [-0.05, 0) is 48.7 Å². The molecule has 4 rings (SSSR count). The third-order valence-electron chi connectivity index (χ3n) is 7.84. The van der Waals surface area contributed by atoms with E-state index < -0.39 is 28.5 Å². The summed E-state index contributed by atoms with van der Waals surface area (Å²) in [6.07, 6.45) is 1.93. The summed E-state index contributed by atoms with van der Waals surface area (Å²) in [4.78, 5) is 30.0. The van der Waals surface area contributed by atoms with Gasteiger partial charge in [0.25, 0.3) is 10.0 Å². The van der Waals surface area contributed by atoms with Crippen molar-refractivity contribution in [3.63, 3.8) is 0 Å². The highest BCUT2D eigenvalue weighted by Gasteiger charge is 2.35. The Morgan fingerprint density at radius 2 is 1.43 bits per heavy atom. The molecule has 0 bridgehead atoms. The summed E-state index contributed by atoms with van der Waals surface area (Å²) in [6, 6.07) is 29.1. The number of benzene rings is 4. The van der Waals surface area contributed by atoms with Gasteiger partial charge in [0.1, 0.15) is 12.6 Å². The molecule has 0 aliphatic rings. The van der Waals surface area contributed by atoms with Crippen molar-refractivity contribution in [1.82, 2.24) is 10.2 Å². The van der Waals surface area contributed by atoms with E-state index >= 15 is 0 Å². The first-order valence-corrected chi connectivity index (χ1v) is 17.1. The minimum absolute atomic E-state index is 0.0263. The molecule has 9 nitrogen and oxygen atoms in total. The summed E-state index contributed by atoms with van der Waals surface area (Å²) in [5.74, 6) is -0.121. The van der Waals surface area contributed by atoms with Crippen LogP contribution in [0.25, 0.3) is 0 Å². The molecule has 0 saturated carbocycles. The Hall–Kier alpha value is -4.83. The molecule has 1 N–H and O–H groups in total. The quantitative estimate of drug-likeness (QED) is 0.154. The summed E-state index contributed by atoms with van der Waals surface area (Å²) in [5, 5.41) is 3.00. The topological polar surface area (TPSA) is 105 Å². The molecule has 0 aliphatic heterocycles. The van der Waals surface area contributed by atoms with E-state index in [0.29, 0.717) is 18.0 Å². The van der Waals surface area contributed by atoms with Crippen molar-refractivity contribution < 1.29 is 27.5 Å². The van der Waals surface area contributed by atoms with Crippen LogP contribution in [0, 0.1) is 6.92 Å². The van der Waals surface area contributed by atoms with Crippen LogP contribution in [0.2, 0.25) is 0 Å². The lowest BCUT2D eigenvalue weighted by atomic mass is 10.0. The smallest absolute Gasteiger partial charge is 0.264 e. The van der Waals surface area contributed by atoms with Crippen LogP contribution in [-0.4, -0.2) is 58.5 Å². The first-order chi connectivity index (χ1) is 22.7. The highest BCUT2D eigenvalue weighted by molar-refractivity contribution is 7.92. The first kappa shape index (κ1) is 35.0. The summed E-state index contributed by atoms with van der Waals surface area (Å²) in [7, 11) is -1.31. The lowest BCUT2D eigenvalue weighted by molar-refractivity contribution is -0.140. The van der Waals surface area contributed by atoms with Gasteiger partial charge < -0.3 is 19.7 Å². The highest BCUT2D eigenvalue weighted by atomic mass is 32.2. The summed E-state index contributed by atoms with van der Waals surface area (Å²) >= 11 is 0. The van der Waals surface area contributed by atoms with E-state index in [2.05, 4.69) is 5.32 Å². The van der Waals surface area contributed by atoms with E-state index in [1.54, 1.807) is 24.3 Å². The molecule has 0 radical (unpaired) electrons. The molecule has 0 unspecified atom stereocenters. The molecular weight excluding hydrogens is 614 g/mol. The van der Waals surface area contributed by atoms with E-state index in [9.17, 15) is 18.0 Å². The number of amides is 2. The largest absolute Gasteiger partial charge is 0.493 e. The SMILES string of the molecule is CCCCNC(=O)[C@@H](Cc1ccccc1)N(Cc1ccccc1)C(=O)CN(c1ccc(OC)c(OC)c1)S(=O)(=O)c1ccc(C)cc1. The Labute approximate surface area is 278 Å². The Morgan fingerprint density at radius 1 is 0.809 bits per heavy atom. The molecule has 0 saturated heterocycles. The number of ether oxygens (including phenoxy) is 2. The zero-order valence-corrected chi connectivity index (χ0v) is 28.2. The summed E-state index contributed by atoms with van der Waals surface area (Å²) in [5.41, 5.74) is 2.78. The van der Waals surface area contributed by atoms with Gasteiger partial charge in [-0.1, -0.05) is 91.7 Å². The number of nitrogens with one attached hydrogen (secondary N) is 1. The zero-order valence-electron chi connectivity index (χ0n) is 27.4. The van der Waals surface area contributed by atoms with Crippen LogP contribution >= 0.6 is 0 Å². The van der Waals surface area contributed by atoms with Gasteiger partial charge in [0, 0.05) is 25.6 Å². The number of hydrogen-bond acceptors (Lipinski definition) is 6. The van der Waals surface area contributed by atoms with Crippen molar-refractivity contribution in [2.75, 3.05) is 31.6 Å². The molecule has 0 heterocycles. The number of rotatable bonds is 16. The number of aryl methyl sites for hydroxylation is 1. The van der Waals surface area contributed by atoms with Crippen LogP contribution in [0.4, 0.5) is 5.69 Å². The predicted molar refractivity (Wildman–Crippen MR) is 184 cm³/mol. The van der Waals surface area contributed by atoms with Crippen LogP contribution in [-0.2, 0) is 32.6 Å². The Balaban J connectivity index is 1.81. The van der Waals surface area contributed by atoms with Crippen molar-refractivity contribution in [2.45, 2.75) is 50.6 Å². The Morgan fingerprint density at radius 3 is 2.02 bits per heavy atom. The molecule has 0 aliphatic carbocycles. The molecule has 47 heavy (non-hydrogen) atoms. The van der Waals surface area contributed by atoms with E-state index in [1.165, 1.54) is 37.3 Å². The van der Waals surface area contributed by atoms with Crippen LogP contribution in [0.3, 0.4) is 0 Å². The average molecular weight is 658 g/mol. The number of carbonyl (C=O) groups excluding carboxylic acids is 2. The fraction of sp³-hybridized carbons (Fsp3) is 0.297. The van der Waals surface area contributed by atoms with Crippen molar-refractivity contribution in [3.05, 3.63) is 120 Å². The molecule has 2 amide bonds. The highest BCUT2D eigenvalue weighted by Crippen LogP contribution is 2.34. The Kier molecular flexibility index (Phi) is 12.4. The monoisotopic (exact) mass is 657 g/mol. The molecule has 10 heteroatoms. The molecule has 4 aromatic rings. The number of nitrogens with zero attached hydrogens (tertiary/aromatic N) is 2. The van der Waals surface area contributed by atoms with Gasteiger partial charge in [0.2, 0.25) is 11.8 Å². The van der Waals surface area contributed by atoms with Crippen LogP contribution < -0.4 is 19.1 Å². The van der Waals surface area contributed by atoms with Gasteiger partial charge in [-0.15, -0.1) is 0 Å². The van der Waals surface area contributed by atoms with Crippen molar-refractivity contribution in [2.24, 2.45) is 0 Å². The number of anilines is 1. The molecule has 248 valence electrons. The van der Waals surface area contributed by atoms with Gasteiger partial charge in [-0.25, -0.2) is 8.42 Å². The molecule has 4 aromatic carbocycles. The lowest BCUT2D eigenvalue weighted by Gasteiger charge is -2.34. The number of carbonyl (C=O) groups is 2. The molecule has 0 spiro atoms. The normalized spacial score (nSPS) is 11.7. The second kappa shape index (κ2) is 16.6. The second-order valence-electron chi connectivity index (χ2n) is 11.2. The summed E-state index contributed by atoms with van der Waals surface area (Å²) in [6.45, 7) is 3.91. The summed E-state index contributed by atoms with van der Waals surface area (Å²) < 4.78 is 40.5. The third kappa shape index (κ3) is 9.13. The average Bonchev–Trinajstić information content (AvgIpc) is 3.09. The van der Waals surface area contributed by atoms with Gasteiger partial charge >= 0.3 is 0 Å². The van der Waals surface area contributed by atoms with Gasteiger partial charge in [0.05, 0.1) is 24.8 Å². The number of hydrogen-bond donors (Lipinski definition) is 1. The van der Waals surface area contributed by atoms with Gasteiger partial charge in [-0.3, -0.25) is 13.9 Å². The maximum Gasteiger partial charge on any atom is 0.264 e. The van der Waals surface area contributed by atoms with Gasteiger partial charge in [0.15, 0.2) is 11.5 Å². The van der Waals surface area contributed by atoms with Crippen LogP contribution in [0.5, 0.6) is 11.5 Å². The fourth-order valence-corrected chi connectivity index (χ4v) is 6.59. The van der Waals surface area contributed by atoms with E-state index in [4.69, 9.17) is 9.47 Å². The van der Waals surface area contributed by atoms with Crippen LogP contribution in [0.1, 0.15) is 36.5 Å². The van der Waals surface area contributed by atoms with E-state index in [1.807, 2.05) is 74.5 Å². The first-order valence-electron chi connectivity index (χ1n) is 15.6.